The van der Waals surface area contributed by atoms with Crippen molar-refractivity contribution < 1.29 is 23.9 Å². The average Bonchev–Trinajstić information content (AvgIpc) is 3.50. The van der Waals surface area contributed by atoms with Gasteiger partial charge in [-0.05, 0) is 44.7 Å². The van der Waals surface area contributed by atoms with Gasteiger partial charge in [0.05, 0.1) is 30.0 Å². The first kappa shape index (κ1) is 21.2. The summed E-state index contributed by atoms with van der Waals surface area (Å²) in [4.78, 5) is 40.9. The van der Waals surface area contributed by atoms with Gasteiger partial charge >= 0.3 is 18.0 Å². The van der Waals surface area contributed by atoms with Crippen LogP contribution in [0.3, 0.4) is 0 Å². The summed E-state index contributed by atoms with van der Waals surface area (Å²) in [5, 5.41) is 7.94. The SMILES string of the molecule is CCOC(=O)c1cccc(C(=O)OCC)c1NC(=NCC1CC1)NC(=O)NC. The lowest BCUT2D eigenvalue weighted by atomic mass is 10.1. The predicted molar refractivity (Wildman–Crippen MR) is 105 cm³/mol. The van der Waals surface area contributed by atoms with Gasteiger partial charge in [-0.2, -0.15) is 0 Å². The zero-order valence-corrected chi connectivity index (χ0v) is 16.3. The Balaban J connectivity index is 2.41. The standard InChI is InChI=1S/C19H26N4O5/c1-4-27-16(24)13-7-6-8-14(17(25)28-5-2)15(13)22-18(23-19(26)20-3)21-11-12-9-10-12/h6-8,12H,4-5,9-11H2,1-3H3,(H3,20,21,22,23,26). The quantitative estimate of drug-likeness (QED) is 0.373. The number of carbonyl (C=O) groups excluding carboxylic acids is 3. The third-order valence-electron chi connectivity index (χ3n) is 3.96. The molecule has 1 aromatic rings. The number of esters is 2. The van der Waals surface area contributed by atoms with E-state index in [1.165, 1.54) is 19.2 Å². The second-order valence-corrected chi connectivity index (χ2v) is 6.13. The summed E-state index contributed by atoms with van der Waals surface area (Å²) in [7, 11) is 1.48. The first-order valence-corrected chi connectivity index (χ1v) is 9.27. The predicted octanol–water partition coefficient (Wildman–Crippen LogP) is 2.15. The van der Waals surface area contributed by atoms with Crippen LogP contribution >= 0.6 is 0 Å². The maximum atomic E-state index is 12.4. The molecule has 9 nitrogen and oxygen atoms in total. The Labute approximate surface area is 163 Å². The zero-order chi connectivity index (χ0) is 20.5. The Kier molecular flexibility index (Phi) is 7.79. The molecule has 2 amide bonds. The molecule has 28 heavy (non-hydrogen) atoms. The molecule has 0 atom stereocenters. The summed E-state index contributed by atoms with van der Waals surface area (Å²) < 4.78 is 10.2. The molecule has 2 rings (SSSR count). The lowest BCUT2D eigenvalue weighted by Crippen LogP contribution is -2.42. The van der Waals surface area contributed by atoms with Gasteiger partial charge in [0, 0.05) is 13.6 Å². The van der Waals surface area contributed by atoms with Crippen LogP contribution in [0, 0.1) is 5.92 Å². The van der Waals surface area contributed by atoms with E-state index in [-0.39, 0.29) is 36.0 Å². The number of hydrogen-bond acceptors (Lipinski definition) is 6. The Morgan fingerprint density at radius 2 is 1.64 bits per heavy atom. The highest BCUT2D eigenvalue weighted by Gasteiger charge is 2.24. The topological polar surface area (TPSA) is 118 Å². The van der Waals surface area contributed by atoms with E-state index in [2.05, 4.69) is 20.9 Å². The summed E-state index contributed by atoms with van der Waals surface area (Å²) in [5.41, 5.74) is 0.459. The van der Waals surface area contributed by atoms with E-state index in [0.717, 1.165) is 12.8 Å². The van der Waals surface area contributed by atoms with Gasteiger partial charge in [-0.15, -0.1) is 0 Å². The van der Waals surface area contributed by atoms with E-state index >= 15 is 0 Å². The Hall–Kier alpha value is -3.10. The van der Waals surface area contributed by atoms with Crippen molar-refractivity contribution in [2.75, 3.05) is 32.1 Å². The molecule has 0 aliphatic heterocycles. The third-order valence-corrected chi connectivity index (χ3v) is 3.96. The van der Waals surface area contributed by atoms with Crippen LogP contribution in [-0.2, 0) is 9.47 Å². The molecule has 1 saturated carbocycles. The number of anilines is 1. The number of nitrogens with zero attached hydrogens (tertiary/aromatic N) is 1. The zero-order valence-electron chi connectivity index (χ0n) is 16.3. The molecule has 0 saturated heterocycles. The fraction of sp³-hybridized carbons (Fsp3) is 0.474. The molecule has 152 valence electrons. The van der Waals surface area contributed by atoms with E-state index in [0.29, 0.717) is 12.5 Å². The molecule has 0 aromatic heterocycles. The molecule has 0 bridgehead atoms. The minimum Gasteiger partial charge on any atom is -0.462 e. The Morgan fingerprint density at radius 3 is 2.11 bits per heavy atom. The van der Waals surface area contributed by atoms with Gasteiger partial charge in [0.1, 0.15) is 0 Å². The van der Waals surface area contributed by atoms with Crippen molar-refractivity contribution in [1.82, 2.24) is 10.6 Å². The Morgan fingerprint density at radius 1 is 1.07 bits per heavy atom. The monoisotopic (exact) mass is 390 g/mol. The molecule has 1 aliphatic rings. The molecule has 0 unspecified atom stereocenters. The molecular formula is C19H26N4O5. The molecule has 1 aliphatic carbocycles. The summed E-state index contributed by atoms with van der Waals surface area (Å²) in [6.45, 7) is 4.27. The van der Waals surface area contributed by atoms with Crippen LogP contribution in [0.5, 0.6) is 0 Å². The highest BCUT2D eigenvalue weighted by molar-refractivity contribution is 6.11. The number of aliphatic imine (C=N–C) groups is 1. The first-order chi connectivity index (χ1) is 13.5. The van der Waals surface area contributed by atoms with Crippen LogP contribution < -0.4 is 16.0 Å². The smallest absolute Gasteiger partial charge is 0.340 e. The number of nitrogens with one attached hydrogen (secondary N) is 3. The third kappa shape index (κ3) is 5.97. The van der Waals surface area contributed by atoms with Crippen LogP contribution in [0.2, 0.25) is 0 Å². The van der Waals surface area contributed by atoms with Crippen LogP contribution in [0.4, 0.5) is 10.5 Å². The highest BCUT2D eigenvalue weighted by atomic mass is 16.5. The summed E-state index contributed by atoms with van der Waals surface area (Å²) in [5.74, 6) is -0.586. The fourth-order valence-electron chi connectivity index (χ4n) is 2.36. The highest BCUT2D eigenvalue weighted by Crippen LogP contribution is 2.29. The van der Waals surface area contributed by atoms with Gasteiger partial charge in [0.15, 0.2) is 0 Å². The van der Waals surface area contributed by atoms with Crippen LogP contribution in [-0.4, -0.2) is 50.7 Å². The number of hydrogen-bond donors (Lipinski definition) is 3. The maximum Gasteiger partial charge on any atom is 0.340 e. The van der Waals surface area contributed by atoms with E-state index in [9.17, 15) is 14.4 Å². The Bertz CT molecular complexity index is 722. The number of ether oxygens (including phenoxy) is 2. The van der Waals surface area contributed by atoms with E-state index < -0.39 is 18.0 Å². The molecule has 3 N–H and O–H groups in total. The van der Waals surface area contributed by atoms with Crippen LogP contribution in [0.15, 0.2) is 23.2 Å². The van der Waals surface area contributed by atoms with Crippen LogP contribution in [0.1, 0.15) is 47.4 Å². The molecule has 0 spiro atoms. The number of benzene rings is 1. The largest absolute Gasteiger partial charge is 0.462 e. The first-order valence-electron chi connectivity index (χ1n) is 9.27. The van der Waals surface area contributed by atoms with E-state index in [1.807, 2.05) is 0 Å². The number of rotatable bonds is 7. The van der Waals surface area contributed by atoms with Crippen LogP contribution in [0.25, 0.3) is 0 Å². The number of amides is 2. The second kappa shape index (κ2) is 10.3. The summed E-state index contributed by atoms with van der Waals surface area (Å²) in [6.07, 6.45) is 2.18. The molecule has 9 heteroatoms. The normalized spacial score (nSPS) is 13.5. The van der Waals surface area contributed by atoms with Crippen molar-refractivity contribution >= 4 is 29.6 Å². The number of para-hydroxylation sites is 1. The lowest BCUT2D eigenvalue weighted by Gasteiger charge is -2.17. The van der Waals surface area contributed by atoms with E-state index in [1.54, 1.807) is 19.9 Å². The number of carbonyl (C=O) groups is 3. The van der Waals surface area contributed by atoms with Gasteiger partial charge in [-0.3, -0.25) is 10.3 Å². The van der Waals surface area contributed by atoms with Crippen molar-refractivity contribution in [2.45, 2.75) is 26.7 Å². The van der Waals surface area contributed by atoms with E-state index in [4.69, 9.17) is 9.47 Å². The minimum absolute atomic E-state index is 0.133. The van der Waals surface area contributed by atoms with Gasteiger partial charge < -0.3 is 20.1 Å². The number of urea groups is 1. The van der Waals surface area contributed by atoms with Gasteiger partial charge in [0.25, 0.3) is 0 Å². The number of guanidine groups is 1. The van der Waals surface area contributed by atoms with Gasteiger partial charge in [-0.25, -0.2) is 14.4 Å². The lowest BCUT2D eigenvalue weighted by molar-refractivity contribution is 0.0527. The second-order valence-electron chi connectivity index (χ2n) is 6.13. The van der Waals surface area contributed by atoms with Crippen molar-refractivity contribution in [2.24, 2.45) is 10.9 Å². The molecule has 0 heterocycles. The molecule has 1 aromatic carbocycles. The molecular weight excluding hydrogens is 364 g/mol. The van der Waals surface area contributed by atoms with Crippen molar-refractivity contribution in [3.05, 3.63) is 29.3 Å². The summed E-state index contributed by atoms with van der Waals surface area (Å²) >= 11 is 0. The summed E-state index contributed by atoms with van der Waals surface area (Å²) in [6, 6.07) is 4.15. The van der Waals surface area contributed by atoms with Gasteiger partial charge in [-0.1, -0.05) is 6.07 Å². The van der Waals surface area contributed by atoms with Crippen molar-refractivity contribution in [1.29, 1.82) is 0 Å². The fourth-order valence-corrected chi connectivity index (χ4v) is 2.36. The minimum atomic E-state index is -0.599. The van der Waals surface area contributed by atoms with Crippen molar-refractivity contribution in [3.63, 3.8) is 0 Å². The van der Waals surface area contributed by atoms with Crippen molar-refractivity contribution in [3.8, 4) is 0 Å². The molecule has 1 fully saturated rings. The maximum absolute atomic E-state index is 12.4. The average molecular weight is 390 g/mol. The van der Waals surface area contributed by atoms with Gasteiger partial charge in [0.2, 0.25) is 5.96 Å². The molecule has 0 radical (unpaired) electrons.